The van der Waals surface area contributed by atoms with Gasteiger partial charge in [-0.2, -0.15) is 5.10 Å². The summed E-state index contributed by atoms with van der Waals surface area (Å²) in [7, 11) is 0. The Labute approximate surface area is 166 Å². The van der Waals surface area contributed by atoms with Crippen molar-refractivity contribution in [3.63, 3.8) is 0 Å². The Morgan fingerprint density at radius 3 is 2.93 bits per heavy atom. The van der Waals surface area contributed by atoms with Gasteiger partial charge in [-0.05, 0) is 19.1 Å². The van der Waals surface area contributed by atoms with Crippen molar-refractivity contribution in [2.24, 2.45) is 0 Å². The highest BCUT2D eigenvalue weighted by Crippen LogP contribution is 2.32. The van der Waals surface area contributed by atoms with Gasteiger partial charge in [-0.15, -0.1) is 11.3 Å². The third kappa shape index (κ3) is 3.85. The molecule has 3 aromatic rings. The van der Waals surface area contributed by atoms with Gasteiger partial charge in [0.2, 0.25) is 0 Å². The quantitative estimate of drug-likeness (QED) is 0.610. The smallest absolute Gasteiger partial charge is 0.341 e. The van der Waals surface area contributed by atoms with Crippen molar-refractivity contribution in [2.45, 2.75) is 20.0 Å². The summed E-state index contributed by atoms with van der Waals surface area (Å²) in [6.45, 7) is 4.16. The number of aromatic nitrogens is 3. The predicted octanol–water partition coefficient (Wildman–Crippen LogP) is 2.57. The first-order chi connectivity index (χ1) is 13.8. The van der Waals surface area contributed by atoms with Gasteiger partial charge in [0.25, 0.3) is 0 Å². The number of carbonyl (C=O) groups excluding carboxylic acids is 1. The van der Waals surface area contributed by atoms with Crippen LogP contribution in [0.3, 0.4) is 0 Å². The van der Waals surface area contributed by atoms with Gasteiger partial charge >= 0.3 is 5.97 Å². The lowest BCUT2D eigenvalue weighted by Crippen LogP contribution is -2.19. The van der Waals surface area contributed by atoms with Crippen molar-refractivity contribution in [1.29, 1.82) is 0 Å². The molecule has 1 aliphatic rings. The lowest BCUT2D eigenvalue weighted by atomic mass is 10.2. The van der Waals surface area contributed by atoms with E-state index in [0.29, 0.717) is 55.7 Å². The molecule has 8 nitrogen and oxygen atoms in total. The summed E-state index contributed by atoms with van der Waals surface area (Å²) in [5, 5.41) is 10.7. The minimum atomic E-state index is -0.391. The summed E-state index contributed by atoms with van der Waals surface area (Å²) in [6.07, 6.45) is 3.31. The van der Waals surface area contributed by atoms with Crippen LogP contribution in [-0.2, 0) is 17.8 Å². The maximum Gasteiger partial charge on any atom is 0.341 e. The molecule has 1 N–H and O–H groups in total. The molecular formula is C19H20N4O4S. The molecule has 0 spiro atoms. The molecule has 0 amide bonds. The fraction of sp³-hybridized carbons (Fsp3) is 0.316. The standard InChI is InChI=1S/C19H20N4O4S/c1-2-25-19(24)14-10-22-23(15(14)11-20-12-18-21-5-8-28-18)13-3-4-16-17(9-13)27-7-6-26-16/h3-5,8-10,20H,2,6-7,11-12H2,1H3. The van der Waals surface area contributed by atoms with Gasteiger partial charge in [0.05, 0.1) is 24.2 Å². The molecular weight excluding hydrogens is 380 g/mol. The average Bonchev–Trinajstić information content (AvgIpc) is 3.38. The van der Waals surface area contributed by atoms with Crippen LogP contribution in [0.2, 0.25) is 0 Å². The van der Waals surface area contributed by atoms with Gasteiger partial charge in [0.15, 0.2) is 11.5 Å². The minimum Gasteiger partial charge on any atom is -0.486 e. The zero-order valence-electron chi connectivity index (χ0n) is 15.4. The van der Waals surface area contributed by atoms with Gasteiger partial charge in [0.1, 0.15) is 23.8 Å². The Hall–Kier alpha value is -2.91. The number of hydrogen-bond acceptors (Lipinski definition) is 8. The molecule has 0 fully saturated rings. The van der Waals surface area contributed by atoms with Crippen LogP contribution < -0.4 is 14.8 Å². The number of thiazole rings is 1. The Morgan fingerprint density at radius 2 is 2.14 bits per heavy atom. The lowest BCUT2D eigenvalue weighted by Gasteiger charge is -2.19. The second-order valence-electron chi connectivity index (χ2n) is 5.99. The Kier molecular flexibility index (Phi) is 5.54. The summed E-state index contributed by atoms with van der Waals surface area (Å²) in [5.74, 6) is 0.979. The molecule has 2 aromatic heterocycles. The molecule has 1 aromatic carbocycles. The molecule has 1 aliphatic heterocycles. The van der Waals surface area contributed by atoms with Crippen LogP contribution in [0.5, 0.6) is 11.5 Å². The van der Waals surface area contributed by atoms with Gasteiger partial charge in [0, 0.05) is 30.7 Å². The second kappa shape index (κ2) is 8.41. The zero-order chi connectivity index (χ0) is 19.3. The molecule has 146 valence electrons. The Bertz CT molecular complexity index is 955. The van der Waals surface area contributed by atoms with Gasteiger partial charge in [-0.1, -0.05) is 0 Å². The van der Waals surface area contributed by atoms with E-state index in [4.69, 9.17) is 14.2 Å². The third-order valence-corrected chi connectivity index (χ3v) is 4.97. The first kappa shape index (κ1) is 18.5. The second-order valence-corrected chi connectivity index (χ2v) is 6.97. The summed E-state index contributed by atoms with van der Waals surface area (Å²) >= 11 is 1.58. The number of rotatable bonds is 7. The fourth-order valence-corrected chi connectivity index (χ4v) is 3.52. The predicted molar refractivity (Wildman–Crippen MR) is 103 cm³/mol. The van der Waals surface area contributed by atoms with Crippen molar-refractivity contribution in [3.05, 3.63) is 52.2 Å². The van der Waals surface area contributed by atoms with E-state index in [1.54, 1.807) is 29.1 Å². The molecule has 0 unspecified atom stereocenters. The van der Waals surface area contributed by atoms with E-state index in [0.717, 1.165) is 10.7 Å². The molecule has 0 saturated heterocycles. The molecule has 0 saturated carbocycles. The number of carbonyl (C=O) groups is 1. The van der Waals surface area contributed by atoms with Crippen LogP contribution in [0.4, 0.5) is 0 Å². The SMILES string of the molecule is CCOC(=O)c1cnn(-c2ccc3c(c2)OCCO3)c1CNCc1nccs1. The highest BCUT2D eigenvalue weighted by molar-refractivity contribution is 7.09. The Morgan fingerprint density at radius 1 is 1.29 bits per heavy atom. The maximum atomic E-state index is 12.4. The van der Waals surface area contributed by atoms with Crippen LogP contribution in [-0.4, -0.2) is 40.6 Å². The average molecular weight is 400 g/mol. The number of fused-ring (bicyclic) bond motifs is 1. The van der Waals surface area contributed by atoms with E-state index < -0.39 is 5.97 Å². The normalized spacial score (nSPS) is 12.8. The number of nitrogens with one attached hydrogen (secondary N) is 1. The molecule has 28 heavy (non-hydrogen) atoms. The van der Waals surface area contributed by atoms with E-state index in [1.807, 2.05) is 23.6 Å². The molecule has 3 heterocycles. The first-order valence-corrected chi connectivity index (χ1v) is 9.87. The number of ether oxygens (including phenoxy) is 3. The maximum absolute atomic E-state index is 12.4. The van der Waals surface area contributed by atoms with Crippen LogP contribution in [0.1, 0.15) is 28.0 Å². The van der Waals surface area contributed by atoms with Crippen molar-refractivity contribution in [3.8, 4) is 17.2 Å². The molecule has 0 atom stereocenters. The van der Waals surface area contributed by atoms with Gasteiger partial charge < -0.3 is 19.5 Å². The number of hydrogen-bond donors (Lipinski definition) is 1. The van der Waals surface area contributed by atoms with Crippen molar-refractivity contribution >= 4 is 17.3 Å². The topological polar surface area (TPSA) is 87.5 Å². The van der Waals surface area contributed by atoms with Crippen molar-refractivity contribution in [1.82, 2.24) is 20.1 Å². The van der Waals surface area contributed by atoms with Crippen LogP contribution in [0, 0.1) is 0 Å². The fourth-order valence-electron chi connectivity index (χ4n) is 2.94. The zero-order valence-corrected chi connectivity index (χ0v) is 16.2. The molecule has 4 rings (SSSR count). The largest absolute Gasteiger partial charge is 0.486 e. The highest BCUT2D eigenvalue weighted by atomic mass is 32.1. The summed E-state index contributed by atoms with van der Waals surface area (Å²) in [5.41, 5.74) is 1.93. The Balaban J connectivity index is 1.63. The monoisotopic (exact) mass is 400 g/mol. The van der Waals surface area contributed by atoms with Crippen LogP contribution in [0.15, 0.2) is 36.0 Å². The minimum absolute atomic E-state index is 0.306. The molecule has 0 aliphatic carbocycles. The van der Waals surface area contributed by atoms with Crippen LogP contribution in [0.25, 0.3) is 5.69 Å². The van der Waals surface area contributed by atoms with E-state index in [9.17, 15) is 4.79 Å². The lowest BCUT2D eigenvalue weighted by molar-refractivity contribution is 0.0525. The van der Waals surface area contributed by atoms with E-state index >= 15 is 0 Å². The summed E-state index contributed by atoms with van der Waals surface area (Å²) in [4.78, 5) is 16.6. The molecule has 0 radical (unpaired) electrons. The van der Waals surface area contributed by atoms with E-state index in [-0.39, 0.29) is 0 Å². The number of benzene rings is 1. The number of esters is 1. The van der Waals surface area contributed by atoms with Crippen molar-refractivity contribution in [2.75, 3.05) is 19.8 Å². The van der Waals surface area contributed by atoms with Crippen LogP contribution >= 0.6 is 11.3 Å². The van der Waals surface area contributed by atoms with Gasteiger partial charge in [-0.25, -0.2) is 14.5 Å². The van der Waals surface area contributed by atoms with Gasteiger partial charge in [-0.3, -0.25) is 0 Å². The summed E-state index contributed by atoms with van der Waals surface area (Å²) < 4.78 is 18.2. The van der Waals surface area contributed by atoms with E-state index in [1.165, 1.54) is 6.20 Å². The molecule has 0 bridgehead atoms. The summed E-state index contributed by atoms with van der Waals surface area (Å²) in [6, 6.07) is 5.60. The van der Waals surface area contributed by atoms with Crippen molar-refractivity contribution < 1.29 is 19.0 Å². The van der Waals surface area contributed by atoms with E-state index in [2.05, 4.69) is 15.4 Å². The first-order valence-electron chi connectivity index (χ1n) is 8.99. The number of nitrogens with zero attached hydrogens (tertiary/aromatic N) is 3. The third-order valence-electron chi connectivity index (χ3n) is 4.19. The highest BCUT2D eigenvalue weighted by Gasteiger charge is 2.21. The molecule has 9 heteroatoms.